The lowest BCUT2D eigenvalue weighted by atomic mass is 10.0. The van der Waals surface area contributed by atoms with Crippen molar-refractivity contribution in [1.82, 2.24) is 16.0 Å². The summed E-state index contributed by atoms with van der Waals surface area (Å²) in [6.07, 6.45) is 6.37. The lowest BCUT2D eigenvalue weighted by molar-refractivity contribution is 0.0954. The van der Waals surface area contributed by atoms with E-state index in [2.05, 4.69) is 27.3 Å². The SMILES string of the molecule is CC(C)(N)CN/C(=C/C1CCCCN1)Nc1ccc(C(=O)NCCc2ccc(Cl)cc2Cl)cc1. The standard InChI is InChI=1S/C26H35Cl2N5O/c1-26(2,29)17-32-24(16-22-5-3-4-13-30-22)33-21-10-7-19(8-11-21)25(34)31-14-12-18-6-9-20(27)15-23(18)28/h6-11,15-16,22,30,32-33H,3-5,12-14,17,29H2,1-2H3,(H,31,34)/b24-16-. The summed E-state index contributed by atoms with van der Waals surface area (Å²) in [5, 5.41) is 14.6. The lowest BCUT2D eigenvalue weighted by Gasteiger charge is -2.25. The summed E-state index contributed by atoms with van der Waals surface area (Å²) in [4.78, 5) is 12.6. The number of hydrogen-bond donors (Lipinski definition) is 5. The second kappa shape index (κ2) is 12.5. The van der Waals surface area contributed by atoms with E-state index in [9.17, 15) is 4.79 Å². The first-order chi connectivity index (χ1) is 16.2. The van der Waals surface area contributed by atoms with E-state index in [1.54, 1.807) is 12.1 Å². The third-order valence-corrected chi connectivity index (χ3v) is 6.16. The Morgan fingerprint density at radius 2 is 1.91 bits per heavy atom. The number of anilines is 1. The Hall–Kier alpha value is -2.25. The number of amides is 1. The van der Waals surface area contributed by atoms with Gasteiger partial charge in [0.15, 0.2) is 0 Å². The lowest BCUT2D eigenvalue weighted by Crippen LogP contribution is -2.44. The number of halogens is 2. The first-order valence-corrected chi connectivity index (χ1v) is 12.5. The molecule has 6 nitrogen and oxygen atoms in total. The first-order valence-electron chi connectivity index (χ1n) is 11.8. The minimum atomic E-state index is -0.334. The van der Waals surface area contributed by atoms with Gasteiger partial charge in [0.1, 0.15) is 5.82 Å². The quantitative estimate of drug-likeness (QED) is 0.324. The monoisotopic (exact) mass is 503 g/mol. The molecule has 2 aromatic carbocycles. The molecule has 6 N–H and O–H groups in total. The Labute approximate surface area is 212 Å². The van der Waals surface area contributed by atoms with Crippen LogP contribution < -0.4 is 27.0 Å². The van der Waals surface area contributed by atoms with Crippen LogP contribution in [0.3, 0.4) is 0 Å². The molecule has 34 heavy (non-hydrogen) atoms. The van der Waals surface area contributed by atoms with Gasteiger partial charge in [0.25, 0.3) is 5.91 Å². The Kier molecular flexibility index (Phi) is 9.65. The minimum Gasteiger partial charge on any atom is -0.370 e. The van der Waals surface area contributed by atoms with Crippen molar-refractivity contribution in [2.45, 2.75) is 51.1 Å². The number of piperidine rings is 1. The van der Waals surface area contributed by atoms with Gasteiger partial charge in [-0.2, -0.15) is 0 Å². The van der Waals surface area contributed by atoms with E-state index in [1.165, 1.54) is 12.8 Å². The molecule has 1 fully saturated rings. The molecule has 1 saturated heterocycles. The van der Waals surface area contributed by atoms with Gasteiger partial charge in [0.2, 0.25) is 0 Å². The predicted octanol–water partition coefficient (Wildman–Crippen LogP) is 4.69. The largest absolute Gasteiger partial charge is 0.370 e. The highest BCUT2D eigenvalue weighted by atomic mass is 35.5. The summed E-state index contributed by atoms with van der Waals surface area (Å²) >= 11 is 12.1. The molecule has 3 rings (SSSR count). The number of nitrogens with two attached hydrogens (primary N) is 1. The molecule has 0 spiro atoms. The zero-order valence-electron chi connectivity index (χ0n) is 19.9. The molecule has 1 aliphatic rings. The Morgan fingerprint density at radius 3 is 2.56 bits per heavy atom. The molecule has 1 atom stereocenters. The fourth-order valence-electron chi connectivity index (χ4n) is 3.69. The van der Waals surface area contributed by atoms with Crippen LogP contribution >= 0.6 is 23.2 Å². The summed E-state index contributed by atoms with van der Waals surface area (Å²) in [5.74, 6) is 0.789. The van der Waals surface area contributed by atoms with Crippen molar-refractivity contribution in [2.75, 3.05) is 25.0 Å². The van der Waals surface area contributed by atoms with Crippen LogP contribution in [0.2, 0.25) is 10.0 Å². The number of rotatable bonds is 10. The fraction of sp³-hybridized carbons (Fsp3) is 0.423. The maximum absolute atomic E-state index is 12.6. The Balaban J connectivity index is 1.57. The van der Waals surface area contributed by atoms with E-state index in [1.807, 2.05) is 44.2 Å². The summed E-state index contributed by atoms with van der Waals surface area (Å²) in [6, 6.07) is 13.2. The molecule has 1 heterocycles. The van der Waals surface area contributed by atoms with Gasteiger partial charge in [0, 0.05) is 46.0 Å². The van der Waals surface area contributed by atoms with Gasteiger partial charge in [0.05, 0.1) is 0 Å². The van der Waals surface area contributed by atoms with Crippen molar-refractivity contribution < 1.29 is 4.79 Å². The maximum Gasteiger partial charge on any atom is 0.251 e. The average molecular weight is 505 g/mol. The maximum atomic E-state index is 12.6. The van der Waals surface area contributed by atoms with Gasteiger partial charge < -0.3 is 27.0 Å². The fourth-order valence-corrected chi connectivity index (χ4v) is 4.19. The summed E-state index contributed by atoms with van der Waals surface area (Å²) in [7, 11) is 0. The van der Waals surface area contributed by atoms with Crippen molar-refractivity contribution >= 4 is 34.8 Å². The second-order valence-corrected chi connectivity index (χ2v) is 10.3. The number of hydrogen-bond acceptors (Lipinski definition) is 5. The van der Waals surface area contributed by atoms with E-state index in [4.69, 9.17) is 28.9 Å². The summed E-state index contributed by atoms with van der Waals surface area (Å²) in [6.45, 7) is 6.14. The molecule has 0 bridgehead atoms. The van der Waals surface area contributed by atoms with Crippen molar-refractivity contribution in [1.29, 1.82) is 0 Å². The highest BCUT2D eigenvalue weighted by Crippen LogP contribution is 2.21. The first kappa shape index (κ1) is 26.4. The van der Waals surface area contributed by atoms with Gasteiger partial charge in [-0.05, 0) is 87.7 Å². The third kappa shape index (κ3) is 8.84. The van der Waals surface area contributed by atoms with Crippen LogP contribution in [0.25, 0.3) is 0 Å². The molecule has 1 amide bonds. The number of carbonyl (C=O) groups excluding carboxylic acids is 1. The van der Waals surface area contributed by atoms with Gasteiger partial charge in [-0.1, -0.05) is 35.7 Å². The van der Waals surface area contributed by atoms with E-state index in [0.717, 1.165) is 30.0 Å². The van der Waals surface area contributed by atoms with E-state index in [-0.39, 0.29) is 11.4 Å². The van der Waals surface area contributed by atoms with E-state index >= 15 is 0 Å². The van der Waals surface area contributed by atoms with Crippen LogP contribution in [0.1, 0.15) is 49.0 Å². The van der Waals surface area contributed by atoms with Gasteiger partial charge in [-0.3, -0.25) is 4.79 Å². The Bertz CT molecular complexity index is 980. The zero-order valence-corrected chi connectivity index (χ0v) is 21.4. The van der Waals surface area contributed by atoms with Crippen LogP contribution in [-0.4, -0.2) is 37.1 Å². The third-order valence-electron chi connectivity index (χ3n) is 5.57. The molecule has 0 aliphatic carbocycles. The number of carbonyl (C=O) groups is 1. The van der Waals surface area contributed by atoms with Crippen molar-refractivity contribution in [3.8, 4) is 0 Å². The van der Waals surface area contributed by atoms with Gasteiger partial charge in [-0.15, -0.1) is 0 Å². The smallest absolute Gasteiger partial charge is 0.251 e. The molecule has 0 aromatic heterocycles. The molecular formula is C26H35Cl2N5O. The highest BCUT2D eigenvalue weighted by molar-refractivity contribution is 6.35. The van der Waals surface area contributed by atoms with Crippen LogP contribution in [0.5, 0.6) is 0 Å². The van der Waals surface area contributed by atoms with Crippen LogP contribution in [0.15, 0.2) is 54.4 Å². The zero-order chi connectivity index (χ0) is 24.6. The normalized spacial score (nSPS) is 16.7. The number of nitrogens with one attached hydrogen (secondary N) is 4. The molecule has 184 valence electrons. The van der Waals surface area contributed by atoms with Crippen LogP contribution in [-0.2, 0) is 6.42 Å². The van der Waals surface area contributed by atoms with Crippen molar-refractivity contribution in [2.24, 2.45) is 5.73 Å². The Morgan fingerprint density at radius 1 is 1.15 bits per heavy atom. The molecule has 1 unspecified atom stereocenters. The summed E-state index contributed by atoms with van der Waals surface area (Å²) < 4.78 is 0. The van der Waals surface area contributed by atoms with E-state index < -0.39 is 0 Å². The number of benzene rings is 2. The van der Waals surface area contributed by atoms with Gasteiger partial charge >= 0.3 is 0 Å². The molecule has 8 heteroatoms. The topological polar surface area (TPSA) is 91.2 Å². The predicted molar refractivity (Wildman–Crippen MR) is 143 cm³/mol. The van der Waals surface area contributed by atoms with Crippen molar-refractivity contribution in [3.63, 3.8) is 0 Å². The van der Waals surface area contributed by atoms with Gasteiger partial charge in [-0.25, -0.2) is 0 Å². The van der Waals surface area contributed by atoms with Crippen molar-refractivity contribution in [3.05, 3.63) is 75.5 Å². The van der Waals surface area contributed by atoms with E-state index in [0.29, 0.717) is 41.2 Å². The molecular weight excluding hydrogens is 469 g/mol. The minimum absolute atomic E-state index is 0.123. The average Bonchev–Trinajstić information content (AvgIpc) is 2.79. The second-order valence-electron chi connectivity index (χ2n) is 9.42. The molecule has 0 saturated carbocycles. The van der Waals surface area contributed by atoms with Crippen LogP contribution in [0, 0.1) is 0 Å². The molecule has 2 aromatic rings. The summed E-state index contributed by atoms with van der Waals surface area (Å²) in [5.41, 5.74) is 8.28. The van der Waals surface area contributed by atoms with Crippen LogP contribution in [0.4, 0.5) is 5.69 Å². The highest BCUT2D eigenvalue weighted by Gasteiger charge is 2.15. The molecule has 0 radical (unpaired) electrons. The molecule has 1 aliphatic heterocycles.